The van der Waals surface area contributed by atoms with Crippen LogP contribution in [0.15, 0.2) is 12.4 Å². The highest BCUT2D eigenvalue weighted by Crippen LogP contribution is 2.23. The third kappa shape index (κ3) is 4.22. The summed E-state index contributed by atoms with van der Waals surface area (Å²) in [6.45, 7) is 3.88. The molecule has 1 aliphatic carbocycles. The topological polar surface area (TPSA) is 68.2 Å². The number of ether oxygens (including phenoxy) is 1. The second-order valence-electron chi connectivity index (χ2n) is 6.64. The molecule has 0 aromatic carbocycles. The van der Waals surface area contributed by atoms with Crippen molar-refractivity contribution in [1.29, 1.82) is 0 Å². The monoisotopic (exact) mass is 306 g/mol. The molecule has 2 aliphatic rings. The van der Waals surface area contributed by atoms with Gasteiger partial charge in [-0.2, -0.15) is 5.10 Å². The first-order valence-corrected chi connectivity index (χ1v) is 8.40. The van der Waals surface area contributed by atoms with Crippen LogP contribution in [0.4, 0.5) is 10.5 Å². The van der Waals surface area contributed by atoms with Crippen LogP contribution in [0.5, 0.6) is 0 Å². The van der Waals surface area contributed by atoms with Gasteiger partial charge in [-0.05, 0) is 44.4 Å². The number of nitrogens with zero attached hydrogens (tertiary/aromatic N) is 2. The van der Waals surface area contributed by atoms with E-state index in [-0.39, 0.29) is 12.1 Å². The van der Waals surface area contributed by atoms with Gasteiger partial charge >= 0.3 is 6.03 Å². The zero-order chi connectivity index (χ0) is 15.4. The van der Waals surface area contributed by atoms with Gasteiger partial charge in [-0.3, -0.25) is 4.68 Å². The third-order valence-electron chi connectivity index (χ3n) is 4.66. The van der Waals surface area contributed by atoms with Crippen LogP contribution in [0.25, 0.3) is 0 Å². The van der Waals surface area contributed by atoms with Gasteiger partial charge in [0, 0.05) is 18.8 Å². The van der Waals surface area contributed by atoms with E-state index in [1.165, 1.54) is 12.8 Å². The summed E-state index contributed by atoms with van der Waals surface area (Å²) in [5.74, 6) is 0.789. The quantitative estimate of drug-likeness (QED) is 0.898. The van der Waals surface area contributed by atoms with Gasteiger partial charge in [0.1, 0.15) is 0 Å². The van der Waals surface area contributed by atoms with Crippen LogP contribution in [-0.4, -0.2) is 34.6 Å². The molecule has 1 atom stereocenters. The minimum Gasteiger partial charge on any atom is -0.376 e. The SMILES string of the molecule is CC1CCC(NC(=O)Nc2cnn(CC3CCCO3)c2)CC1. The average Bonchev–Trinajstić information content (AvgIpc) is 3.14. The van der Waals surface area contributed by atoms with Crippen LogP contribution >= 0.6 is 0 Å². The predicted molar refractivity (Wildman–Crippen MR) is 84.8 cm³/mol. The van der Waals surface area contributed by atoms with Crippen LogP contribution in [0.2, 0.25) is 0 Å². The number of urea groups is 1. The fourth-order valence-electron chi connectivity index (χ4n) is 3.28. The van der Waals surface area contributed by atoms with Crippen molar-refractivity contribution in [2.75, 3.05) is 11.9 Å². The van der Waals surface area contributed by atoms with Gasteiger partial charge < -0.3 is 15.4 Å². The molecule has 3 rings (SSSR count). The van der Waals surface area contributed by atoms with Crippen LogP contribution in [0.1, 0.15) is 45.4 Å². The average molecular weight is 306 g/mol. The highest BCUT2D eigenvalue weighted by molar-refractivity contribution is 5.89. The van der Waals surface area contributed by atoms with Crippen molar-refractivity contribution in [2.45, 2.75) is 64.1 Å². The highest BCUT2D eigenvalue weighted by atomic mass is 16.5. The normalized spacial score (nSPS) is 28.5. The Labute approximate surface area is 131 Å². The maximum Gasteiger partial charge on any atom is 0.319 e. The standard InChI is InChI=1S/C16H26N4O2/c1-12-4-6-13(7-5-12)18-16(21)19-14-9-17-20(10-14)11-15-3-2-8-22-15/h9-10,12-13,15H,2-8,11H2,1H3,(H2,18,19,21). The number of nitrogens with one attached hydrogen (secondary N) is 2. The first-order valence-electron chi connectivity index (χ1n) is 8.40. The van der Waals surface area contributed by atoms with Crippen molar-refractivity contribution in [3.63, 3.8) is 0 Å². The van der Waals surface area contributed by atoms with Gasteiger partial charge in [0.2, 0.25) is 0 Å². The molecule has 1 aromatic rings. The van der Waals surface area contributed by atoms with Gasteiger partial charge in [0.25, 0.3) is 0 Å². The van der Waals surface area contributed by atoms with Gasteiger partial charge in [0.15, 0.2) is 0 Å². The van der Waals surface area contributed by atoms with Gasteiger partial charge in [0.05, 0.1) is 24.5 Å². The summed E-state index contributed by atoms with van der Waals surface area (Å²) in [5, 5.41) is 10.2. The summed E-state index contributed by atoms with van der Waals surface area (Å²) in [4.78, 5) is 12.0. The van der Waals surface area contributed by atoms with Crippen molar-refractivity contribution >= 4 is 11.7 Å². The molecule has 2 amide bonds. The number of aromatic nitrogens is 2. The van der Waals surface area contributed by atoms with E-state index in [1.807, 2.05) is 10.9 Å². The maximum atomic E-state index is 12.0. The largest absolute Gasteiger partial charge is 0.376 e. The van der Waals surface area contributed by atoms with Gasteiger partial charge in [-0.15, -0.1) is 0 Å². The Hall–Kier alpha value is -1.56. The second-order valence-corrected chi connectivity index (χ2v) is 6.64. The first-order chi connectivity index (χ1) is 10.7. The molecule has 1 saturated carbocycles. The molecule has 2 fully saturated rings. The maximum absolute atomic E-state index is 12.0. The molecule has 6 nitrogen and oxygen atoms in total. The zero-order valence-corrected chi connectivity index (χ0v) is 13.3. The summed E-state index contributed by atoms with van der Waals surface area (Å²) < 4.78 is 7.44. The smallest absolute Gasteiger partial charge is 0.319 e. The van der Waals surface area contributed by atoms with Crippen molar-refractivity contribution < 1.29 is 9.53 Å². The molecule has 0 spiro atoms. The van der Waals surface area contributed by atoms with Gasteiger partial charge in [-0.25, -0.2) is 4.79 Å². The molecule has 2 N–H and O–H groups in total. The first kappa shape index (κ1) is 15.3. The molecule has 1 aromatic heterocycles. The Balaban J connectivity index is 1.44. The molecule has 2 heterocycles. The molecule has 1 unspecified atom stereocenters. The lowest BCUT2D eigenvalue weighted by Crippen LogP contribution is -2.39. The van der Waals surface area contributed by atoms with Crippen LogP contribution in [0.3, 0.4) is 0 Å². The van der Waals surface area contributed by atoms with E-state index in [1.54, 1.807) is 6.20 Å². The van der Waals surface area contributed by atoms with E-state index in [9.17, 15) is 4.79 Å². The number of hydrogen-bond donors (Lipinski definition) is 2. The number of carbonyl (C=O) groups is 1. The number of anilines is 1. The predicted octanol–water partition coefficient (Wildman–Crippen LogP) is 2.76. The van der Waals surface area contributed by atoms with Crippen LogP contribution in [0, 0.1) is 5.92 Å². The highest BCUT2D eigenvalue weighted by Gasteiger charge is 2.20. The zero-order valence-electron chi connectivity index (χ0n) is 13.3. The minimum atomic E-state index is -0.129. The van der Waals surface area contributed by atoms with E-state index in [0.29, 0.717) is 6.04 Å². The van der Waals surface area contributed by atoms with E-state index in [2.05, 4.69) is 22.7 Å². The Bertz CT molecular complexity index is 488. The molecule has 1 aliphatic heterocycles. The molecule has 6 heteroatoms. The molecule has 0 radical (unpaired) electrons. The lowest BCUT2D eigenvalue weighted by atomic mass is 9.87. The van der Waals surface area contributed by atoms with Crippen molar-refractivity contribution in [3.8, 4) is 0 Å². The van der Waals surface area contributed by atoms with Crippen molar-refractivity contribution in [2.24, 2.45) is 5.92 Å². The molecule has 1 saturated heterocycles. The molecular formula is C16H26N4O2. The number of hydrogen-bond acceptors (Lipinski definition) is 3. The number of carbonyl (C=O) groups excluding carboxylic acids is 1. The molecular weight excluding hydrogens is 280 g/mol. The van der Waals surface area contributed by atoms with Crippen LogP contribution in [-0.2, 0) is 11.3 Å². The van der Waals surface area contributed by atoms with Crippen LogP contribution < -0.4 is 10.6 Å². The fourth-order valence-corrected chi connectivity index (χ4v) is 3.28. The summed E-state index contributed by atoms with van der Waals surface area (Å²) in [6.07, 6.45) is 10.6. The summed E-state index contributed by atoms with van der Waals surface area (Å²) >= 11 is 0. The van der Waals surface area contributed by atoms with E-state index in [4.69, 9.17) is 4.74 Å². The number of amides is 2. The lowest BCUT2D eigenvalue weighted by molar-refractivity contribution is 0.0940. The Kier molecular flexibility index (Phi) is 4.97. The van der Waals surface area contributed by atoms with Crippen molar-refractivity contribution in [3.05, 3.63) is 12.4 Å². The molecule has 122 valence electrons. The Morgan fingerprint density at radius 1 is 1.36 bits per heavy atom. The van der Waals surface area contributed by atoms with E-state index in [0.717, 1.165) is 50.4 Å². The number of rotatable bonds is 4. The summed E-state index contributed by atoms with van der Waals surface area (Å²) in [7, 11) is 0. The molecule has 22 heavy (non-hydrogen) atoms. The third-order valence-corrected chi connectivity index (χ3v) is 4.66. The summed E-state index contributed by atoms with van der Waals surface area (Å²) in [6, 6.07) is 0.175. The van der Waals surface area contributed by atoms with Crippen molar-refractivity contribution in [1.82, 2.24) is 15.1 Å². The second kappa shape index (κ2) is 7.13. The van der Waals surface area contributed by atoms with Gasteiger partial charge in [-0.1, -0.05) is 6.92 Å². The molecule has 0 bridgehead atoms. The minimum absolute atomic E-state index is 0.129. The Morgan fingerprint density at radius 3 is 2.91 bits per heavy atom. The lowest BCUT2D eigenvalue weighted by Gasteiger charge is -2.26. The fraction of sp³-hybridized carbons (Fsp3) is 0.750. The Morgan fingerprint density at radius 2 is 2.18 bits per heavy atom. The van der Waals surface area contributed by atoms with E-state index >= 15 is 0 Å². The van der Waals surface area contributed by atoms with E-state index < -0.39 is 0 Å². The summed E-state index contributed by atoms with van der Waals surface area (Å²) in [5.41, 5.74) is 0.736.